The largest absolute Gasteiger partial charge is 0.431 e. The van der Waals surface area contributed by atoms with Gasteiger partial charge in [0.25, 0.3) is 6.39 Å². The Hall–Kier alpha value is -1.25. The molecule has 3 heteroatoms. The summed E-state index contributed by atoms with van der Waals surface area (Å²) < 4.78 is 4.79. The summed E-state index contributed by atoms with van der Waals surface area (Å²) in [4.78, 5) is 6.59. The molecule has 0 fully saturated rings. The zero-order valence-corrected chi connectivity index (χ0v) is 4.01. The molecule has 1 N–H and O–H groups in total. The normalized spacial score (nSPS) is 10.5. The molecule has 0 atom stereocenters. The van der Waals surface area contributed by atoms with Gasteiger partial charge in [-0.15, -0.1) is 0 Å². The molecule has 1 radical (unpaired) electrons. The smallest absolute Gasteiger partial charge is 0.286 e. The number of nitrogens with zero attached hydrogens (tertiary/aromatic N) is 1. The third-order valence-electron chi connectivity index (χ3n) is 1.00. The van der Waals surface area contributed by atoms with Crippen LogP contribution in [-0.2, 0) is 0 Å². The van der Waals surface area contributed by atoms with Crippen LogP contribution in [0, 0.1) is 6.39 Å². The Morgan fingerprint density at radius 1 is 1.75 bits per heavy atom. The summed E-state index contributed by atoms with van der Waals surface area (Å²) in [6.07, 6.45) is 4.13. The number of aromatic nitrogens is 2. The molecule has 2 aromatic rings. The molecule has 0 spiro atoms. The molecule has 0 aromatic carbocycles. The van der Waals surface area contributed by atoms with Gasteiger partial charge in [0, 0.05) is 12.3 Å². The van der Waals surface area contributed by atoms with Crippen molar-refractivity contribution in [2.24, 2.45) is 0 Å². The van der Waals surface area contributed by atoms with E-state index in [4.69, 9.17) is 4.42 Å². The first kappa shape index (κ1) is 3.72. The van der Waals surface area contributed by atoms with Crippen LogP contribution in [0.15, 0.2) is 16.7 Å². The summed E-state index contributed by atoms with van der Waals surface area (Å²) in [6, 6.07) is 1.80. The molecule has 2 rings (SSSR count). The van der Waals surface area contributed by atoms with E-state index in [0.29, 0.717) is 0 Å². The fourth-order valence-electron chi connectivity index (χ4n) is 0.634. The predicted molar refractivity (Wildman–Crippen MR) is 27.2 cm³/mol. The van der Waals surface area contributed by atoms with Gasteiger partial charge in [0.1, 0.15) is 0 Å². The molecule has 0 saturated heterocycles. The van der Waals surface area contributed by atoms with E-state index in [1.165, 1.54) is 0 Å². The van der Waals surface area contributed by atoms with E-state index in [2.05, 4.69) is 16.4 Å². The molecule has 0 saturated carbocycles. The van der Waals surface area contributed by atoms with Gasteiger partial charge in [-0.05, 0) is 0 Å². The second kappa shape index (κ2) is 1.12. The number of H-pyrrole nitrogens is 1. The van der Waals surface area contributed by atoms with E-state index in [-0.39, 0.29) is 0 Å². The van der Waals surface area contributed by atoms with E-state index < -0.39 is 0 Å². The maximum atomic E-state index is 4.79. The van der Waals surface area contributed by atoms with Crippen LogP contribution in [0.1, 0.15) is 0 Å². The standard InChI is InChI=1S/C5H3N2O/c1-2-6-5-4(1)8-3-7-5/h1-2,6H. The van der Waals surface area contributed by atoms with Gasteiger partial charge >= 0.3 is 0 Å². The highest BCUT2D eigenvalue weighted by atomic mass is 16.3. The number of rotatable bonds is 0. The molecule has 0 aliphatic carbocycles. The van der Waals surface area contributed by atoms with Crippen molar-refractivity contribution < 1.29 is 4.42 Å². The van der Waals surface area contributed by atoms with Gasteiger partial charge in [0.2, 0.25) is 0 Å². The first-order valence-corrected chi connectivity index (χ1v) is 2.27. The van der Waals surface area contributed by atoms with Crippen LogP contribution in [0.25, 0.3) is 11.2 Å². The van der Waals surface area contributed by atoms with E-state index in [9.17, 15) is 0 Å². The highest BCUT2D eigenvalue weighted by Gasteiger charge is 1.94. The van der Waals surface area contributed by atoms with Crippen molar-refractivity contribution in [2.75, 3.05) is 0 Å². The molecule has 0 unspecified atom stereocenters. The lowest BCUT2D eigenvalue weighted by Crippen LogP contribution is -1.59. The average molecular weight is 107 g/mol. The molecule has 0 bridgehead atoms. The monoisotopic (exact) mass is 107 g/mol. The van der Waals surface area contributed by atoms with Crippen LogP contribution in [0.4, 0.5) is 0 Å². The number of oxazole rings is 1. The van der Waals surface area contributed by atoms with Crippen molar-refractivity contribution in [1.29, 1.82) is 0 Å². The number of aromatic amines is 1. The van der Waals surface area contributed by atoms with Crippen LogP contribution >= 0.6 is 0 Å². The Balaban J connectivity index is 3.06. The average Bonchev–Trinajstić information content (AvgIpc) is 2.15. The third kappa shape index (κ3) is 0.307. The van der Waals surface area contributed by atoms with E-state index in [1.54, 1.807) is 12.3 Å². The van der Waals surface area contributed by atoms with Gasteiger partial charge in [-0.1, -0.05) is 0 Å². The van der Waals surface area contributed by atoms with Crippen molar-refractivity contribution in [3.8, 4) is 0 Å². The Morgan fingerprint density at radius 3 is 3.62 bits per heavy atom. The highest BCUT2D eigenvalue weighted by Crippen LogP contribution is 2.06. The first-order valence-electron chi connectivity index (χ1n) is 2.27. The van der Waals surface area contributed by atoms with Gasteiger partial charge in [0.15, 0.2) is 11.2 Å². The SMILES string of the molecule is [c]1nc2[nH]ccc2o1. The molecule has 2 aromatic heterocycles. The highest BCUT2D eigenvalue weighted by molar-refractivity contribution is 5.67. The Morgan fingerprint density at radius 2 is 2.75 bits per heavy atom. The zero-order chi connectivity index (χ0) is 5.40. The number of fused-ring (bicyclic) bond motifs is 1. The van der Waals surface area contributed by atoms with Crippen molar-refractivity contribution in [2.45, 2.75) is 0 Å². The fraction of sp³-hybridized carbons (Fsp3) is 0. The molecule has 0 amide bonds. The summed E-state index contributed by atoms with van der Waals surface area (Å²) in [5.41, 5.74) is 1.51. The first-order chi connectivity index (χ1) is 3.97. The number of nitrogens with one attached hydrogen (secondary N) is 1. The van der Waals surface area contributed by atoms with Crippen molar-refractivity contribution in [1.82, 2.24) is 9.97 Å². The van der Waals surface area contributed by atoms with Crippen LogP contribution in [0.5, 0.6) is 0 Å². The maximum Gasteiger partial charge on any atom is 0.286 e. The predicted octanol–water partition coefficient (Wildman–Crippen LogP) is 0.956. The van der Waals surface area contributed by atoms with Crippen LogP contribution < -0.4 is 0 Å². The van der Waals surface area contributed by atoms with Gasteiger partial charge in [-0.25, -0.2) is 0 Å². The maximum absolute atomic E-state index is 4.79. The molecular weight excluding hydrogens is 104 g/mol. The number of hydrogen-bond donors (Lipinski definition) is 1. The summed E-state index contributed by atoms with van der Waals surface area (Å²) in [6.45, 7) is 0. The molecular formula is C5H3N2O. The second-order valence-electron chi connectivity index (χ2n) is 1.50. The van der Waals surface area contributed by atoms with E-state index in [0.717, 1.165) is 11.2 Å². The minimum absolute atomic E-state index is 0.755. The van der Waals surface area contributed by atoms with Gasteiger partial charge in [0.05, 0.1) is 0 Å². The molecule has 8 heavy (non-hydrogen) atoms. The van der Waals surface area contributed by atoms with Crippen LogP contribution in [0.2, 0.25) is 0 Å². The lowest BCUT2D eigenvalue weighted by molar-refractivity contribution is 0.591. The molecule has 39 valence electrons. The Kier molecular flexibility index (Phi) is 0.521. The number of hydrogen-bond acceptors (Lipinski definition) is 2. The Bertz CT molecular complexity index is 232. The van der Waals surface area contributed by atoms with E-state index >= 15 is 0 Å². The summed E-state index contributed by atoms with van der Waals surface area (Å²) >= 11 is 0. The van der Waals surface area contributed by atoms with Gasteiger partial charge < -0.3 is 9.40 Å². The molecule has 2 heterocycles. The molecule has 3 nitrogen and oxygen atoms in total. The fourth-order valence-corrected chi connectivity index (χ4v) is 0.634. The minimum atomic E-state index is 0.755. The summed E-state index contributed by atoms with van der Waals surface area (Å²) in [7, 11) is 0. The van der Waals surface area contributed by atoms with Crippen molar-refractivity contribution >= 4 is 11.2 Å². The van der Waals surface area contributed by atoms with Crippen LogP contribution in [-0.4, -0.2) is 9.97 Å². The Labute approximate surface area is 45.3 Å². The topological polar surface area (TPSA) is 41.8 Å². The van der Waals surface area contributed by atoms with Gasteiger partial charge in [-0.3, -0.25) is 0 Å². The third-order valence-corrected chi connectivity index (χ3v) is 1.00. The van der Waals surface area contributed by atoms with Crippen LogP contribution in [0.3, 0.4) is 0 Å². The van der Waals surface area contributed by atoms with Crippen molar-refractivity contribution in [3.05, 3.63) is 18.7 Å². The quantitative estimate of drug-likeness (QED) is 0.544. The lowest BCUT2D eigenvalue weighted by atomic mass is 10.6. The lowest BCUT2D eigenvalue weighted by Gasteiger charge is -1.63. The van der Waals surface area contributed by atoms with E-state index in [1.807, 2.05) is 0 Å². The molecule has 0 aliphatic heterocycles. The zero-order valence-electron chi connectivity index (χ0n) is 4.01. The van der Waals surface area contributed by atoms with Crippen molar-refractivity contribution in [3.63, 3.8) is 0 Å². The summed E-state index contributed by atoms with van der Waals surface area (Å²) in [5, 5.41) is 0. The molecule has 0 aliphatic rings. The minimum Gasteiger partial charge on any atom is -0.431 e. The van der Waals surface area contributed by atoms with Gasteiger partial charge in [-0.2, -0.15) is 4.98 Å². The second-order valence-corrected chi connectivity index (χ2v) is 1.50. The summed E-state index contributed by atoms with van der Waals surface area (Å²) in [5.74, 6) is 0.